The van der Waals surface area contributed by atoms with Crippen LogP contribution in [0, 0.1) is 5.92 Å². The van der Waals surface area contributed by atoms with Gasteiger partial charge in [-0.1, -0.05) is 66.5 Å². The van der Waals surface area contributed by atoms with Gasteiger partial charge in [-0.2, -0.15) is 0 Å². The Hall–Kier alpha value is -2.95. The zero-order valence-corrected chi connectivity index (χ0v) is 22.6. The molecule has 202 valence electrons. The van der Waals surface area contributed by atoms with Crippen molar-refractivity contribution in [3.05, 3.63) is 81.9 Å². The van der Waals surface area contributed by atoms with Gasteiger partial charge in [0.2, 0.25) is 0 Å². The van der Waals surface area contributed by atoms with Gasteiger partial charge in [0, 0.05) is 24.1 Å². The van der Waals surface area contributed by atoms with Crippen molar-refractivity contribution in [2.45, 2.75) is 58.5 Å². The maximum Gasteiger partial charge on any atom is 0.303 e. The molecule has 2 heterocycles. The Bertz CT molecular complexity index is 1280. The first-order valence-corrected chi connectivity index (χ1v) is 12.9. The average molecular weight is 562 g/mol. The monoisotopic (exact) mass is 561 g/mol. The Kier molecular flexibility index (Phi) is 9.07. The summed E-state index contributed by atoms with van der Waals surface area (Å²) in [4.78, 5) is 27.7. The molecule has 2 aromatic carbocycles. The van der Waals surface area contributed by atoms with Crippen LogP contribution in [-0.4, -0.2) is 38.7 Å². The van der Waals surface area contributed by atoms with Gasteiger partial charge in [-0.3, -0.25) is 9.59 Å². The number of carbonyl (C=O) groups excluding carboxylic acids is 2. The lowest BCUT2D eigenvalue weighted by Gasteiger charge is -2.41. The van der Waals surface area contributed by atoms with Crippen LogP contribution >= 0.6 is 23.2 Å². The van der Waals surface area contributed by atoms with Crippen molar-refractivity contribution in [3.63, 3.8) is 0 Å². The number of aliphatic hydroxyl groups is 1. The molecule has 0 radical (unpaired) electrons. The van der Waals surface area contributed by atoms with E-state index in [1.165, 1.54) is 13.8 Å². The van der Waals surface area contributed by atoms with Crippen molar-refractivity contribution in [1.82, 2.24) is 9.55 Å². The Morgan fingerprint density at radius 1 is 1.16 bits per heavy atom. The highest BCUT2D eigenvalue weighted by atomic mass is 35.5. The van der Waals surface area contributed by atoms with Crippen LogP contribution < -0.4 is 5.32 Å². The van der Waals surface area contributed by atoms with E-state index in [0.717, 1.165) is 11.1 Å². The molecule has 0 bridgehead atoms. The molecule has 38 heavy (non-hydrogen) atoms. The lowest BCUT2D eigenvalue weighted by Crippen LogP contribution is -2.39. The topological polar surface area (TPSA) is 112 Å². The van der Waals surface area contributed by atoms with E-state index in [-0.39, 0.29) is 29.9 Å². The summed E-state index contributed by atoms with van der Waals surface area (Å²) in [6.07, 6.45) is -0.815. The number of benzene rings is 2. The van der Waals surface area contributed by atoms with Gasteiger partial charge >= 0.3 is 5.97 Å². The number of halogens is 2. The fourth-order valence-electron chi connectivity index (χ4n) is 4.30. The van der Waals surface area contributed by atoms with Crippen LogP contribution in [0.2, 0.25) is 10.3 Å². The molecule has 1 amide bonds. The summed E-state index contributed by atoms with van der Waals surface area (Å²) < 4.78 is 19.6. The van der Waals surface area contributed by atoms with Gasteiger partial charge in [-0.15, -0.1) is 0 Å². The largest absolute Gasteiger partial charge is 0.453 e. The van der Waals surface area contributed by atoms with E-state index >= 15 is 0 Å². The quantitative estimate of drug-likeness (QED) is 0.369. The molecule has 1 aromatic heterocycles. The van der Waals surface area contributed by atoms with Gasteiger partial charge in [0.25, 0.3) is 5.91 Å². The number of aromatic nitrogens is 2. The summed E-state index contributed by atoms with van der Waals surface area (Å²) in [5.41, 5.74) is 2.92. The Morgan fingerprint density at radius 3 is 2.53 bits per heavy atom. The number of aliphatic hydroxyl groups excluding tert-OH is 1. The maximum atomic E-state index is 12.5. The molecule has 9 nitrogen and oxygen atoms in total. The summed E-state index contributed by atoms with van der Waals surface area (Å²) in [5, 5.41) is 12.7. The van der Waals surface area contributed by atoms with Crippen molar-refractivity contribution >= 4 is 40.8 Å². The number of rotatable bonds is 8. The van der Waals surface area contributed by atoms with Gasteiger partial charge in [-0.05, 0) is 30.2 Å². The van der Waals surface area contributed by atoms with Crippen LogP contribution in [0.15, 0.2) is 54.9 Å². The van der Waals surface area contributed by atoms with E-state index in [4.69, 9.17) is 37.4 Å². The number of amides is 1. The van der Waals surface area contributed by atoms with Gasteiger partial charge < -0.3 is 29.2 Å². The van der Waals surface area contributed by atoms with Crippen LogP contribution in [0.1, 0.15) is 49.9 Å². The molecule has 1 saturated heterocycles. The third-order valence-electron chi connectivity index (χ3n) is 6.37. The number of nitrogens with zero attached hydrogens (tertiary/aromatic N) is 2. The fraction of sp³-hybridized carbons (Fsp3) is 0.370. The second-order valence-corrected chi connectivity index (χ2v) is 9.88. The van der Waals surface area contributed by atoms with Crippen molar-refractivity contribution in [1.29, 1.82) is 0 Å². The summed E-state index contributed by atoms with van der Waals surface area (Å²) in [7, 11) is 0. The number of esters is 1. The second kappa shape index (κ2) is 12.3. The molecule has 3 aromatic rings. The minimum atomic E-state index is -0.943. The molecule has 2 N–H and O–H groups in total. The Balaban J connectivity index is 1.60. The number of nitrogens with one attached hydrogen (secondary N) is 1. The van der Waals surface area contributed by atoms with Gasteiger partial charge in [0.1, 0.15) is 5.15 Å². The highest BCUT2D eigenvalue weighted by molar-refractivity contribution is 6.40. The molecule has 11 heteroatoms. The number of ether oxygens (including phenoxy) is 3. The number of anilines is 1. The number of carbonyl (C=O) groups is 2. The van der Waals surface area contributed by atoms with Gasteiger partial charge in [-0.25, -0.2) is 4.98 Å². The molecule has 1 aliphatic rings. The lowest BCUT2D eigenvalue weighted by atomic mass is 9.90. The highest BCUT2D eigenvalue weighted by Crippen LogP contribution is 2.42. The zero-order chi connectivity index (χ0) is 27.4. The second-order valence-electron chi connectivity index (χ2n) is 9.17. The molecular weight excluding hydrogens is 533 g/mol. The molecule has 0 saturated carbocycles. The first-order chi connectivity index (χ1) is 18.2. The first-order valence-electron chi connectivity index (χ1n) is 12.1. The molecule has 0 aliphatic carbocycles. The van der Waals surface area contributed by atoms with E-state index in [0.29, 0.717) is 22.9 Å². The minimum absolute atomic E-state index is 0.0514. The molecule has 5 atom stereocenters. The Morgan fingerprint density at radius 2 is 1.89 bits per heavy atom. The van der Waals surface area contributed by atoms with E-state index in [1.54, 1.807) is 29.1 Å². The summed E-state index contributed by atoms with van der Waals surface area (Å²) in [5.74, 6) is -1.08. The van der Waals surface area contributed by atoms with Crippen molar-refractivity contribution in [3.8, 4) is 0 Å². The lowest BCUT2D eigenvalue weighted by molar-refractivity contribution is -0.276. The predicted octanol–water partition coefficient (Wildman–Crippen LogP) is 5.06. The van der Waals surface area contributed by atoms with Crippen molar-refractivity contribution in [2.75, 3.05) is 5.32 Å². The average Bonchev–Trinajstić information content (AvgIpc) is 3.21. The molecular formula is C27H29Cl2N3O6. The Labute approximate surface area is 230 Å². The van der Waals surface area contributed by atoms with E-state index in [1.807, 2.05) is 37.3 Å². The zero-order valence-electron chi connectivity index (χ0n) is 21.1. The molecule has 1 aliphatic heterocycles. The van der Waals surface area contributed by atoms with Crippen LogP contribution in [0.3, 0.4) is 0 Å². The summed E-state index contributed by atoms with van der Waals surface area (Å²) in [6.45, 7) is 5.12. The molecule has 1 fully saturated rings. The predicted molar refractivity (Wildman–Crippen MR) is 142 cm³/mol. The number of hydrogen-bond acceptors (Lipinski definition) is 7. The number of imidazole rings is 1. The van der Waals surface area contributed by atoms with E-state index in [2.05, 4.69) is 10.3 Å². The van der Waals surface area contributed by atoms with Crippen molar-refractivity contribution < 1.29 is 28.9 Å². The van der Waals surface area contributed by atoms with Crippen molar-refractivity contribution in [2.24, 2.45) is 5.92 Å². The normalized spacial score (nSPS) is 22.1. The van der Waals surface area contributed by atoms with Crippen LogP contribution in [0.5, 0.6) is 0 Å². The summed E-state index contributed by atoms with van der Waals surface area (Å²) in [6, 6.07) is 14.7. The minimum Gasteiger partial charge on any atom is -0.453 e. The van der Waals surface area contributed by atoms with Gasteiger partial charge in [0.15, 0.2) is 17.5 Å². The fourth-order valence-corrected chi connectivity index (χ4v) is 4.62. The third kappa shape index (κ3) is 6.54. The smallest absolute Gasteiger partial charge is 0.303 e. The highest BCUT2D eigenvalue weighted by Gasteiger charge is 2.39. The number of hydrogen-bond donors (Lipinski definition) is 2. The van der Waals surface area contributed by atoms with E-state index in [9.17, 15) is 14.7 Å². The molecule has 0 spiro atoms. The molecule has 4 rings (SSSR count). The van der Waals surface area contributed by atoms with Crippen LogP contribution in [0.4, 0.5) is 5.69 Å². The summed E-state index contributed by atoms with van der Waals surface area (Å²) >= 11 is 12.4. The standard InChI is InChI=1S/C27H29Cl2N3O6/c1-15-22(12-32-14-30-24(28)25(32)29)37-27(38-23(15)19-9-7-18(13-33)8-10-19)20-5-4-6-21(11-20)31-26(35)16(2)36-17(3)34/h4-11,14-16,22-23,27,33H,12-13H2,1-3H3,(H,31,35)/t15-,16+,22+,23+,27+/m1/s1. The van der Waals surface area contributed by atoms with Crippen LogP contribution in [0.25, 0.3) is 0 Å². The SMILES string of the molecule is CC(=O)O[C@@H](C)C(=O)Nc1cccc([C@H]2O[C@@H](Cn3cnc(Cl)c3Cl)[C@@H](C)[C@@H](c3ccc(CO)cc3)O2)c1. The maximum absolute atomic E-state index is 12.5. The van der Waals surface area contributed by atoms with Crippen LogP contribution in [-0.2, 0) is 37.0 Å². The molecule has 0 unspecified atom stereocenters. The first kappa shape index (κ1) is 28.1. The third-order valence-corrected chi connectivity index (χ3v) is 7.14. The van der Waals surface area contributed by atoms with E-state index < -0.39 is 24.3 Å². The van der Waals surface area contributed by atoms with Gasteiger partial charge in [0.05, 0.1) is 31.7 Å².